The fraction of sp³-hybridized carbons (Fsp3) is 0.350. The summed E-state index contributed by atoms with van der Waals surface area (Å²) in [5.74, 6) is 0.739. The number of hydrogen-bond acceptors (Lipinski definition) is 4. The van der Waals surface area contributed by atoms with Gasteiger partial charge in [0.1, 0.15) is 5.75 Å². The van der Waals surface area contributed by atoms with Gasteiger partial charge in [0.2, 0.25) is 5.91 Å². The van der Waals surface area contributed by atoms with Crippen LogP contribution in [0.4, 0.5) is 11.4 Å². The minimum absolute atomic E-state index is 0.0467. The number of carbonyl (C=O) groups is 1. The van der Waals surface area contributed by atoms with Crippen LogP contribution < -0.4 is 20.3 Å². The fourth-order valence-electron chi connectivity index (χ4n) is 3.05. The topological polar surface area (TPSA) is 53.6 Å². The summed E-state index contributed by atoms with van der Waals surface area (Å²) in [6, 6.07) is 16.0. The molecule has 0 saturated carbocycles. The summed E-state index contributed by atoms with van der Waals surface area (Å²) in [5, 5.41) is 6.08. The number of rotatable bonds is 7. The van der Waals surface area contributed by atoms with Gasteiger partial charge in [-0.3, -0.25) is 4.79 Å². The zero-order valence-electron chi connectivity index (χ0n) is 14.6. The number of carbonyl (C=O) groups excluding carboxylic acids is 1. The molecule has 2 N–H and O–H groups in total. The Kier molecular flexibility index (Phi) is 5.77. The van der Waals surface area contributed by atoms with Crippen molar-refractivity contribution in [3.8, 4) is 5.75 Å². The smallest absolute Gasteiger partial charge is 0.239 e. The standard InChI is InChI=1S/C20H25N3O2/c1-25-19-7-3-2-6-16(19)14-22-20(24)15-21-17-8-10-18(11-9-17)23-12-4-5-13-23/h2-3,6-11,21H,4-5,12-15H2,1H3,(H,22,24). The summed E-state index contributed by atoms with van der Waals surface area (Å²) < 4.78 is 5.29. The van der Waals surface area contributed by atoms with E-state index in [0.29, 0.717) is 6.54 Å². The van der Waals surface area contributed by atoms with Gasteiger partial charge in [-0.15, -0.1) is 0 Å². The van der Waals surface area contributed by atoms with Crippen molar-refractivity contribution < 1.29 is 9.53 Å². The summed E-state index contributed by atoms with van der Waals surface area (Å²) in [4.78, 5) is 14.4. The number of amides is 1. The van der Waals surface area contributed by atoms with Crippen LogP contribution in [0, 0.1) is 0 Å². The molecule has 5 heteroatoms. The van der Waals surface area contributed by atoms with Crippen molar-refractivity contribution in [1.82, 2.24) is 5.32 Å². The molecule has 0 unspecified atom stereocenters. The highest BCUT2D eigenvalue weighted by Crippen LogP contribution is 2.22. The second-order valence-electron chi connectivity index (χ2n) is 6.18. The van der Waals surface area contributed by atoms with Crippen LogP contribution in [-0.2, 0) is 11.3 Å². The van der Waals surface area contributed by atoms with E-state index in [2.05, 4.69) is 27.7 Å². The predicted octanol–water partition coefficient (Wildman–Crippen LogP) is 3.02. The van der Waals surface area contributed by atoms with Gasteiger partial charge in [-0.2, -0.15) is 0 Å². The van der Waals surface area contributed by atoms with E-state index in [0.717, 1.165) is 30.1 Å². The molecule has 25 heavy (non-hydrogen) atoms. The normalized spacial score (nSPS) is 13.6. The third-order valence-electron chi connectivity index (χ3n) is 4.46. The number of nitrogens with one attached hydrogen (secondary N) is 2. The molecule has 2 aromatic carbocycles. The van der Waals surface area contributed by atoms with Gasteiger partial charge in [0.25, 0.3) is 0 Å². The minimum atomic E-state index is -0.0467. The van der Waals surface area contributed by atoms with Gasteiger partial charge in [0, 0.05) is 36.6 Å². The Labute approximate surface area is 149 Å². The highest BCUT2D eigenvalue weighted by Gasteiger charge is 2.11. The summed E-state index contributed by atoms with van der Waals surface area (Å²) in [5.41, 5.74) is 3.17. The Balaban J connectivity index is 1.45. The molecule has 0 aliphatic carbocycles. The van der Waals surface area contributed by atoms with Crippen LogP contribution in [0.1, 0.15) is 18.4 Å². The molecule has 3 rings (SSSR count). The van der Waals surface area contributed by atoms with Crippen LogP contribution in [0.15, 0.2) is 48.5 Å². The van der Waals surface area contributed by atoms with Crippen molar-refractivity contribution in [2.75, 3.05) is 37.0 Å². The van der Waals surface area contributed by atoms with E-state index in [1.807, 2.05) is 36.4 Å². The number of methoxy groups -OCH3 is 1. The molecule has 1 saturated heterocycles. The zero-order valence-corrected chi connectivity index (χ0v) is 14.6. The van der Waals surface area contributed by atoms with Crippen LogP contribution >= 0.6 is 0 Å². The van der Waals surface area contributed by atoms with Gasteiger partial charge in [-0.1, -0.05) is 18.2 Å². The molecular formula is C20H25N3O2. The lowest BCUT2D eigenvalue weighted by Gasteiger charge is -2.18. The molecule has 0 atom stereocenters. The van der Waals surface area contributed by atoms with Crippen molar-refractivity contribution in [1.29, 1.82) is 0 Å². The van der Waals surface area contributed by atoms with Crippen LogP contribution in [-0.4, -0.2) is 32.7 Å². The largest absolute Gasteiger partial charge is 0.496 e. The van der Waals surface area contributed by atoms with E-state index < -0.39 is 0 Å². The van der Waals surface area contributed by atoms with Crippen LogP contribution in [0.25, 0.3) is 0 Å². The number of nitrogens with zero attached hydrogens (tertiary/aromatic N) is 1. The average Bonchev–Trinajstić information content (AvgIpc) is 3.20. The van der Waals surface area contributed by atoms with E-state index in [1.165, 1.54) is 18.5 Å². The molecule has 1 heterocycles. The van der Waals surface area contributed by atoms with E-state index in [9.17, 15) is 4.79 Å². The molecule has 1 fully saturated rings. The highest BCUT2D eigenvalue weighted by atomic mass is 16.5. The molecule has 0 spiro atoms. The Hall–Kier alpha value is -2.69. The third kappa shape index (κ3) is 4.66. The summed E-state index contributed by atoms with van der Waals surface area (Å²) in [7, 11) is 1.63. The van der Waals surface area contributed by atoms with Gasteiger partial charge in [0.15, 0.2) is 0 Å². The lowest BCUT2D eigenvalue weighted by atomic mass is 10.2. The van der Waals surface area contributed by atoms with Crippen molar-refractivity contribution >= 4 is 17.3 Å². The number of benzene rings is 2. The first kappa shape index (κ1) is 17.1. The molecule has 132 valence electrons. The molecule has 0 bridgehead atoms. The first-order valence-corrected chi connectivity index (χ1v) is 8.74. The molecule has 5 nitrogen and oxygen atoms in total. The first-order chi connectivity index (χ1) is 12.3. The highest BCUT2D eigenvalue weighted by molar-refractivity contribution is 5.80. The molecule has 1 aliphatic heterocycles. The Morgan fingerprint density at radius 1 is 1.08 bits per heavy atom. The molecule has 1 amide bonds. The Morgan fingerprint density at radius 2 is 1.80 bits per heavy atom. The van der Waals surface area contributed by atoms with E-state index >= 15 is 0 Å². The zero-order chi connectivity index (χ0) is 17.5. The van der Waals surface area contributed by atoms with E-state index in [4.69, 9.17) is 4.74 Å². The first-order valence-electron chi connectivity index (χ1n) is 8.74. The maximum absolute atomic E-state index is 12.0. The lowest BCUT2D eigenvalue weighted by Crippen LogP contribution is -2.29. The third-order valence-corrected chi connectivity index (χ3v) is 4.46. The van der Waals surface area contributed by atoms with Gasteiger partial charge < -0.3 is 20.3 Å². The lowest BCUT2D eigenvalue weighted by molar-refractivity contribution is -0.119. The summed E-state index contributed by atoms with van der Waals surface area (Å²) in [6.45, 7) is 2.98. The van der Waals surface area contributed by atoms with Gasteiger partial charge in [-0.05, 0) is 43.2 Å². The van der Waals surface area contributed by atoms with E-state index in [-0.39, 0.29) is 12.5 Å². The van der Waals surface area contributed by atoms with Crippen molar-refractivity contribution in [2.24, 2.45) is 0 Å². The van der Waals surface area contributed by atoms with Gasteiger partial charge in [-0.25, -0.2) is 0 Å². The van der Waals surface area contributed by atoms with Crippen molar-refractivity contribution in [3.63, 3.8) is 0 Å². The molecule has 0 aromatic heterocycles. The number of para-hydroxylation sites is 1. The van der Waals surface area contributed by atoms with Crippen molar-refractivity contribution in [3.05, 3.63) is 54.1 Å². The molecule has 1 aliphatic rings. The molecule has 0 radical (unpaired) electrons. The monoisotopic (exact) mass is 339 g/mol. The fourth-order valence-corrected chi connectivity index (χ4v) is 3.05. The number of anilines is 2. The SMILES string of the molecule is COc1ccccc1CNC(=O)CNc1ccc(N2CCCC2)cc1. The number of ether oxygens (including phenoxy) is 1. The van der Waals surface area contributed by atoms with Crippen LogP contribution in [0.3, 0.4) is 0 Å². The quantitative estimate of drug-likeness (QED) is 0.814. The number of hydrogen-bond donors (Lipinski definition) is 2. The summed E-state index contributed by atoms with van der Waals surface area (Å²) >= 11 is 0. The second kappa shape index (κ2) is 8.42. The Bertz CT molecular complexity index is 694. The molecular weight excluding hydrogens is 314 g/mol. The minimum Gasteiger partial charge on any atom is -0.496 e. The summed E-state index contributed by atoms with van der Waals surface area (Å²) in [6.07, 6.45) is 2.54. The van der Waals surface area contributed by atoms with Crippen LogP contribution in [0.2, 0.25) is 0 Å². The van der Waals surface area contributed by atoms with Gasteiger partial charge >= 0.3 is 0 Å². The van der Waals surface area contributed by atoms with E-state index in [1.54, 1.807) is 7.11 Å². The maximum atomic E-state index is 12.0. The predicted molar refractivity (Wildman–Crippen MR) is 101 cm³/mol. The second-order valence-corrected chi connectivity index (χ2v) is 6.18. The van der Waals surface area contributed by atoms with Crippen molar-refractivity contribution in [2.45, 2.75) is 19.4 Å². The van der Waals surface area contributed by atoms with Gasteiger partial charge in [0.05, 0.1) is 13.7 Å². The Morgan fingerprint density at radius 3 is 2.52 bits per heavy atom. The molecule has 2 aromatic rings. The average molecular weight is 339 g/mol. The maximum Gasteiger partial charge on any atom is 0.239 e. The van der Waals surface area contributed by atoms with Crippen LogP contribution in [0.5, 0.6) is 5.75 Å².